The molecule has 2 aromatic carbocycles. The minimum atomic E-state index is -0.881. The van der Waals surface area contributed by atoms with Crippen molar-refractivity contribution < 1.29 is 33.3 Å². The molecule has 0 aliphatic carbocycles. The monoisotopic (exact) mass is 484 g/mol. The molecule has 0 radical (unpaired) electrons. The number of anilines is 1. The molecule has 0 saturated carbocycles. The predicted molar refractivity (Wildman–Crippen MR) is 128 cm³/mol. The number of hydrogen-bond acceptors (Lipinski definition) is 8. The first-order valence-electron chi connectivity index (χ1n) is 11.0. The Labute approximate surface area is 202 Å². The van der Waals surface area contributed by atoms with Gasteiger partial charge < -0.3 is 29.6 Å². The molecule has 3 rings (SSSR count). The Balaban J connectivity index is 1.46. The van der Waals surface area contributed by atoms with E-state index in [4.69, 9.17) is 18.9 Å². The Kier molecular flexibility index (Phi) is 9.43. The van der Waals surface area contributed by atoms with Gasteiger partial charge in [0.15, 0.2) is 18.1 Å². The summed E-state index contributed by atoms with van der Waals surface area (Å²) in [6.45, 7) is 0.723. The second-order valence-corrected chi connectivity index (χ2v) is 7.52. The van der Waals surface area contributed by atoms with Crippen molar-refractivity contribution in [2.24, 2.45) is 5.10 Å². The Morgan fingerprint density at radius 1 is 1.06 bits per heavy atom. The van der Waals surface area contributed by atoms with Crippen LogP contribution >= 0.6 is 0 Å². The smallest absolute Gasteiger partial charge is 0.329 e. The first kappa shape index (κ1) is 25.5. The van der Waals surface area contributed by atoms with Crippen molar-refractivity contribution in [3.05, 3.63) is 48.0 Å². The average molecular weight is 485 g/mol. The molecule has 1 fully saturated rings. The molecule has 1 heterocycles. The van der Waals surface area contributed by atoms with Crippen molar-refractivity contribution >= 4 is 29.6 Å². The highest BCUT2D eigenvalue weighted by Crippen LogP contribution is 2.27. The van der Waals surface area contributed by atoms with Crippen molar-refractivity contribution in [1.29, 1.82) is 0 Å². The maximum atomic E-state index is 12.2. The van der Waals surface area contributed by atoms with Gasteiger partial charge in [0.25, 0.3) is 5.91 Å². The van der Waals surface area contributed by atoms with E-state index in [-0.39, 0.29) is 25.2 Å². The SMILES string of the molecule is COc1ccc(NC(=O)COc2ccc(/C=N\NC(=O)C(=O)NC[C@H]3CCCO3)cc2OC)cc1. The number of ether oxygens (including phenoxy) is 4. The van der Waals surface area contributed by atoms with Gasteiger partial charge >= 0.3 is 11.8 Å². The normalized spacial score (nSPS) is 14.9. The van der Waals surface area contributed by atoms with Crippen LogP contribution in [0, 0.1) is 0 Å². The standard InChI is InChI=1S/C24H28N4O7/c1-32-18-8-6-17(7-9-18)27-22(29)15-35-20-10-5-16(12-21(20)33-2)13-26-28-24(31)23(30)25-14-19-4-3-11-34-19/h5-10,12-13,19H,3-4,11,14-15H2,1-2H3,(H,25,30)(H,27,29)(H,28,31)/b26-13-/t19-/m1/s1. The van der Waals surface area contributed by atoms with E-state index in [1.807, 2.05) is 0 Å². The fourth-order valence-corrected chi connectivity index (χ4v) is 3.21. The van der Waals surface area contributed by atoms with Gasteiger partial charge in [-0.3, -0.25) is 14.4 Å². The average Bonchev–Trinajstić information content (AvgIpc) is 3.40. The molecule has 3 N–H and O–H groups in total. The van der Waals surface area contributed by atoms with Crippen LogP contribution in [0.3, 0.4) is 0 Å². The first-order chi connectivity index (χ1) is 17.0. The number of nitrogens with zero attached hydrogens (tertiary/aromatic N) is 1. The number of rotatable bonds is 10. The number of nitrogens with one attached hydrogen (secondary N) is 3. The summed E-state index contributed by atoms with van der Waals surface area (Å²) in [5.74, 6) is -0.604. The van der Waals surface area contributed by atoms with E-state index in [9.17, 15) is 14.4 Å². The molecule has 1 saturated heterocycles. The zero-order valence-corrected chi connectivity index (χ0v) is 19.5. The summed E-state index contributed by atoms with van der Waals surface area (Å²) in [7, 11) is 3.02. The Morgan fingerprint density at radius 2 is 1.86 bits per heavy atom. The molecule has 11 heteroatoms. The van der Waals surface area contributed by atoms with E-state index in [1.165, 1.54) is 13.3 Å². The predicted octanol–water partition coefficient (Wildman–Crippen LogP) is 1.47. The van der Waals surface area contributed by atoms with E-state index < -0.39 is 11.8 Å². The summed E-state index contributed by atoms with van der Waals surface area (Å²) in [5, 5.41) is 9.04. The van der Waals surface area contributed by atoms with Gasteiger partial charge in [-0.2, -0.15) is 5.10 Å². The first-order valence-corrected chi connectivity index (χ1v) is 11.0. The van der Waals surface area contributed by atoms with Crippen LogP contribution in [0.4, 0.5) is 5.69 Å². The maximum Gasteiger partial charge on any atom is 0.329 e. The van der Waals surface area contributed by atoms with Gasteiger partial charge in [-0.1, -0.05) is 0 Å². The minimum Gasteiger partial charge on any atom is -0.497 e. The molecule has 0 bridgehead atoms. The molecule has 0 unspecified atom stereocenters. The van der Waals surface area contributed by atoms with Crippen LogP contribution in [0.25, 0.3) is 0 Å². The zero-order valence-electron chi connectivity index (χ0n) is 19.5. The number of carbonyl (C=O) groups is 3. The van der Waals surface area contributed by atoms with Crippen molar-refractivity contribution in [3.8, 4) is 17.2 Å². The Bertz CT molecular complexity index is 1050. The molecule has 2 aromatic rings. The van der Waals surface area contributed by atoms with E-state index >= 15 is 0 Å². The van der Waals surface area contributed by atoms with Gasteiger partial charge in [-0.25, -0.2) is 5.43 Å². The lowest BCUT2D eigenvalue weighted by atomic mass is 10.2. The summed E-state index contributed by atoms with van der Waals surface area (Å²) in [6, 6.07) is 11.8. The number of amides is 3. The molecular weight excluding hydrogens is 456 g/mol. The Hall–Kier alpha value is -4.12. The summed E-state index contributed by atoms with van der Waals surface area (Å²) in [6.07, 6.45) is 3.10. The molecule has 11 nitrogen and oxygen atoms in total. The fraction of sp³-hybridized carbons (Fsp3) is 0.333. The van der Waals surface area contributed by atoms with Gasteiger partial charge in [0.2, 0.25) is 0 Å². The third kappa shape index (κ3) is 8.00. The second-order valence-electron chi connectivity index (χ2n) is 7.52. The van der Waals surface area contributed by atoms with Gasteiger partial charge in [-0.05, 0) is 60.9 Å². The lowest BCUT2D eigenvalue weighted by molar-refractivity contribution is -0.139. The van der Waals surface area contributed by atoms with Gasteiger partial charge in [-0.15, -0.1) is 0 Å². The molecule has 0 spiro atoms. The highest BCUT2D eigenvalue weighted by molar-refractivity contribution is 6.35. The lowest BCUT2D eigenvalue weighted by Gasteiger charge is -2.12. The van der Waals surface area contributed by atoms with E-state index in [0.717, 1.165) is 12.8 Å². The summed E-state index contributed by atoms with van der Waals surface area (Å²) < 4.78 is 21.4. The molecule has 1 atom stereocenters. The molecule has 186 valence electrons. The van der Waals surface area contributed by atoms with Crippen molar-refractivity contribution in [3.63, 3.8) is 0 Å². The van der Waals surface area contributed by atoms with Crippen LogP contribution < -0.4 is 30.3 Å². The molecule has 35 heavy (non-hydrogen) atoms. The molecule has 1 aliphatic heterocycles. The van der Waals surface area contributed by atoms with Gasteiger partial charge in [0, 0.05) is 18.8 Å². The van der Waals surface area contributed by atoms with Crippen LogP contribution in [-0.4, -0.2) is 64.0 Å². The van der Waals surface area contributed by atoms with Crippen LogP contribution in [-0.2, 0) is 19.1 Å². The third-order valence-electron chi connectivity index (χ3n) is 5.02. The topological polar surface area (TPSA) is 137 Å². The van der Waals surface area contributed by atoms with Crippen molar-refractivity contribution in [2.75, 3.05) is 39.3 Å². The van der Waals surface area contributed by atoms with E-state index in [0.29, 0.717) is 35.1 Å². The number of carbonyl (C=O) groups excluding carboxylic acids is 3. The lowest BCUT2D eigenvalue weighted by Crippen LogP contribution is -2.41. The third-order valence-corrected chi connectivity index (χ3v) is 5.02. The largest absolute Gasteiger partial charge is 0.497 e. The molecular formula is C24H28N4O7. The fourth-order valence-electron chi connectivity index (χ4n) is 3.21. The highest BCUT2D eigenvalue weighted by Gasteiger charge is 2.19. The molecule has 1 aliphatic rings. The second kappa shape index (κ2) is 12.9. The number of hydrazone groups is 1. The summed E-state index contributed by atoms with van der Waals surface area (Å²) in [4.78, 5) is 35.9. The number of benzene rings is 2. The number of hydrogen-bond donors (Lipinski definition) is 3. The van der Waals surface area contributed by atoms with Crippen LogP contribution in [0.1, 0.15) is 18.4 Å². The van der Waals surface area contributed by atoms with Crippen LogP contribution in [0.5, 0.6) is 17.2 Å². The molecule has 0 aromatic heterocycles. The minimum absolute atomic E-state index is 0.0584. The van der Waals surface area contributed by atoms with Crippen LogP contribution in [0.15, 0.2) is 47.6 Å². The summed E-state index contributed by atoms with van der Waals surface area (Å²) in [5.41, 5.74) is 3.37. The quantitative estimate of drug-likeness (QED) is 0.264. The Morgan fingerprint density at radius 3 is 2.54 bits per heavy atom. The van der Waals surface area contributed by atoms with Crippen LogP contribution in [0.2, 0.25) is 0 Å². The van der Waals surface area contributed by atoms with Gasteiger partial charge in [0.05, 0.1) is 26.5 Å². The van der Waals surface area contributed by atoms with Gasteiger partial charge in [0.1, 0.15) is 5.75 Å². The maximum absolute atomic E-state index is 12.2. The van der Waals surface area contributed by atoms with Crippen molar-refractivity contribution in [2.45, 2.75) is 18.9 Å². The zero-order chi connectivity index (χ0) is 25.0. The van der Waals surface area contributed by atoms with E-state index in [1.54, 1.807) is 49.6 Å². The summed E-state index contributed by atoms with van der Waals surface area (Å²) >= 11 is 0. The number of methoxy groups -OCH3 is 2. The molecule has 3 amide bonds. The highest BCUT2D eigenvalue weighted by atomic mass is 16.5. The van der Waals surface area contributed by atoms with Crippen molar-refractivity contribution in [1.82, 2.24) is 10.7 Å². The van der Waals surface area contributed by atoms with E-state index in [2.05, 4.69) is 21.2 Å².